The summed E-state index contributed by atoms with van der Waals surface area (Å²) in [4.78, 5) is 21.7. The van der Waals surface area contributed by atoms with Gasteiger partial charge in [-0.05, 0) is 35.2 Å². The smallest absolute Gasteiger partial charge is 0.286 e. The zero-order valence-electron chi connectivity index (χ0n) is 9.13. The molecule has 0 aliphatic heterocycles. The zero-order chi connectivity index (χ0) is 12.8. The second-order valence-electron chi connectivity index (χ2n) is 3.59. The summed E-state index contributed by atoms with van der Waals surface area (Å²) in [6, 6.07) is 1.20. The lowest BCUT2D eigenvalue weighted by atomic mass is 10.2. The van der Waals surface area contributed by atoms with Gasteiger partial charge in [0, 0.05) is 19.2 Å². The molecular weight excluding hydrogens is 292 g/mol. The molecule has 1 aromatic rings. The minimum atomic E-state index is -0.533. The number of hydrogen-bond donors (Lipinski definition) is 1. The Hall–Kier alpha value is -1.21. The number of rotatable bonds is 6. The van der Waals surface area contributed by atoms with Crippen LogP contribution in [0.2, 0.25) is 0 Å². The van der Waals surface area contributed by atoms with Crippen molar-refractivity contribution in [3.8, 4) is 0 Å². The van der Waals surface area contributed by atoms with Crippen LogP contribution >= 0.6 is 15.9 Å². The highest BCUT2D eigenvalue weighted by Crippen LogP contribution is 2.14. The van der Waals surface area contributed by atoms with Gasteiger partial charge in [0.15, 0.2) is 0 Å². The van der Waals surface area contributed by atoms with E-state index >= 15 is 0 Å². The molecule has 0 fully saturated rings. The first-order valence-electron chi connectivity index (χ1n) is 5.21. The van der Waals surface area contributed by atoms with E-state index in [-0.39, 0.29) is 22.3 Å². The second kappa shape index (κ2) is 6.51. The van der Waals surface area contributed by atoms with Crippen LogP contribution < -0.4 is 5.56 Å². The molecule has 6 nitrogen and oxygen atoms in total. The molecule has 17 heavy (non-hydrogen) atoms. The van der Waals surface area contributed by atoms with Crippen molar-refractivity contribution in [2.24, 2.45) is 0 Å². The molecule has 1 heterocycles. The van der Waals surface area contributed by atoms with Crippen LogP contribution in [0.3, 0.4) is 0 Å². The molecule has 1 N–H and O–H groups in total. The van der Waals surface area contributed by atoms with Gasteiger partial charge in [0.1, 0.15) is 0 Å². The average molecular weight is 305 g/mol. The molecule has 0 atom stereocenters. The number of aryl methyl sites for hydroxylation is 1. The molecule has 0 spiro atoms. The molecule has 0 aromatic carbocycles. The van der Waals surface area contributed by atoms with Crippen molar-refractivity contribution in [1.82, 2.24) is 4.57 Å². The molecule has 0 saturated heterocycles. The van der Waals surface area contributed by atoms with E-state index in [2.05, 4.69) is 15.9 Å². The van der Waals surface area contributed by atoms with Gasteiger partial charge in [-0.2, -0.15) is 0 Å². The molecule has 0 radical (unpaired) electrons. The Morgan fingerprint density at radius 2 is 2.12 bits per heavy atom. The molecule has 0 bridgehead atoms. The van der Waals surface area contributed by atoms with Gasteiger partial charge in [0.25, 0.3) is 11.2 Å². The maximum atomic E-state index is 11.7. The first kappa shape index (κ1) is 13.9. The fourth-order valence-electron chi connectivity index (χ4n) is 1.42. The SMILES string of the molecule is O=c1c(Br)cc([N+](=O)[O-])cn1CCCCCO. The summed E-state index contributed by atoms with van der Waals surface area (Å²) in [6.07, 6.45) is 3.40. The maximum Gasteiger partial charge on any atom is 0.286 e. The topological polar surface area (TPSA) is 85.4 Å². The molecule has 0 aliphatic carbocycles. The van der Waals surface area contributed by atoms with Gasteiger partial charge in [-0.1, -0.05) is 0 Å². The van der Waals surface area contributed by atoms with E-state index in [1.54, 1.807) is 0 Å². The van der Waals surface area contributed by atoms with Crippen molar-refractivity contribution in [2.75, 3.05) is 6.61 Å². The van der Waals surface area contributed by atoms with Gasteiger partial charge in [-0.15, -0.1) is 0 Å². The summed E-state index contributed by atoms with van der Waals surface area (Å²) < 4.78 is 1.51. The van der Waals surface area contributed by atoms with E-state index in [0.29, 0.717) is 19.4 Å². The number of hydrogen-bond acceptors (Lipinski definition) is 4. The summed E-state index contributed by atoms with van der Waals surface area (Å²) >= 11 is 3.01. The Morgan fingerprint density at radius 3 is 2.71 bits per heavy atom. The van der Waals surface area contributed by atoms with Crippen molar-refractivity contribution in [3.05, 3.63) is 37.2 Å². The Labute approximate surface area is 106 Å². The molecule has 0 amide bonds. The van der Waals surface area contributed by atoms with Gasteiger partial charge >= 0.3 is 0 Å². The highest BCUT2D eigenvalue weighted by atomic mass is 79.9. The van der Waals surface area contributed by atoms with Gasteiger partial charge in [-0.25, -0.2) is 0 Å². The van der Waals surface area contributed by atoms with E-state index in [9.17, 15) is 14.9 Å². The third-order valence-electron chi connectivity index (χ3n) is 2.30. The fourth-order valence-corrected chi connectivity index (χ4v) is 1.88. The number of halogens is 1. The molecule has 1 rings (SSSR count). The van der Waals surface area contributed by atoms with E-state index in [0.717, 1.165) is 6.42 Å². The lowest BCUT2D eigenvalue weighted by molar-refractivity contribution is -0.385. The molecule has 0 unspecified atom stereocenters. The monoisotopic (exact) mass is 304 g/mol. The lowest BCUT2D eigenvalue weighted by Gasteiger charge is -2.05. The molecule has 0 aliphatic rings. The Balaban J connectivity index is 2.83. The zero-order valence-corrected chi connectivity index (χ0v) is 10.7. The van der Waals surface area contributed by atoms with Crippen molar-refractivity contribution in [3.63, 3.8) is 0 Å². The largest absolute Gasteiger partial charge is 0.396 e. The molecule has 1 aromatic heterocycles. The molecule has 7 heteroatoms. The number of nitro groups is 1. The van der Waals surface area contributed by atoms with Gasteiger partial charge in [0.2, 0.25) is 0 Å². The van der Waals surface area contributed by atoms with Crippen LogP contribution in [0.5, 0.6) is 0 Å². The summed E-state index contributed by atoms with van der Waals surface area (Å²) in [7, 11) is 0. The molecule has 0 saturated carbocycles. The van der Waals surface area contributed by atoms with Crippen molar-refractivity contribution >= 4 is 21.6 Å². The Morgan fingerprint density at radius 1 is 1.41 bits per heavy atom. The highest BCUT2D eigenvalue weighted by Gasteiger charge is 2.11. The number of nitrogens with zero attached hydrogens (tertiary/aromatic N) is 2. The van der Waals surface area contributed by atoms with Crippen LogP contribution in [0.4, 0.5) is 5.69 Å². The summed E-state index contributed by atoms with van der Waals surface area (Å²) in [5.74, 6) is 0. The standard InChI is InChI=1S/C10H13BrN2O4/c11-9-6-8(13(16)17)7-12(10(9)15)4-2-1-3-5-14/h6-7,14H,1-5H2. The van der Waals surface area contributed by atoms with Crippen LogP contribution in [-0.2, 0) is 6.54 Å². The van der Waals surface area contributed by atoms with E-state index < -0.39 is 4.92 Å². The highest BCUT2D eigenvalue weighted by molar-refractivity contribution is 9.10. The third kappa shape index (κ3) is 3.94. The van der Waals surface area contributed by atoms with Crippen LogP contribution in [0.25, 0.3) is 0 Å². The van der Waals surface area contributed by atoms with E-state index in [4.69, 9.17) is 5.11 Å². The van der Waals surface area contributed by atoms with Crippen LogP contribution in [-0.4, -0.2) is 21.2 Å². The number of aliphatic hydroxyl groups excluding tert-OH is 1. The van der Waals surface area contributed by atoms with Crippen LogP contribution in [0.1, 0.15) is 19.3 Å². The van der Waals surface area contributed by atoms with Crippen LogP contribution in [0.15, 0.2) is 21.5 Å². The lowest BCUT2D eigenvalue weighted by Crippen LogP contribution is -2.20. The van der Waals surface area contributed by atoms with Crippen LogP contribution in [0, 0.1) is 10.1 Å². The Kier molecular flexibility index (Phi) is 5.30. The predicted molar refractivity (Wildman–Crippen MR) is 66.0 cm³/mol. The van der Waals surface area contributed by atoms with Gasteiger partial charge < -0.3 is 9.67 Å². The average Bonchev–Trinajstić information content (AvgIpc) is 2.29. The quantitative estimate of drug-likeness (QED) is 0.492. The molecular formula is C10H13BrN2O4. The minimum Gasteiger partial charge on any atom is -0.396 e. The van der Waals surface area contributed by atoms with Crippen molar-refractivity contribution < 1.29 is 10.0 Å². The number of unbranched alkanes of at least 4 members (excludes halogenated alkanes) is 2. The Bertz CT molecular complexity index is 458. The van der Waals surface area contributed by atoms with Crippen molar-refractivity contribution in [2.45, 2.75) is 25.8 Å². The van der Waals surface area contributed by atoms with E-state index in [1.165, 1.54) is 16.8 Å². The van der Waals surface area contributed by atoms with Gasteiger partial charge in [-0.3, -0.25) is 14.9 Å². The normalized spacial score (nSPS) is 10.5. The minimum absolute atomic E-state index is 0.112. The van der Waals surface area contributed by atoms with Crippen molar-refractivity contribution in [1.29, 1.82) is 0 Å². The first-order valence-corrected chi connectivity index (χ1v) is 6.01. The van der Waals surface area contributed by atoms with Gasteiger partial charge in [0.05, 0.1) is 15.6 Å². The second-order valence-corrected chi connectivity index (χ2v) is 4.44. The van der Waals surface area contributed by atoms with E-state index in [1.807, 2.05) is 0 Å². The fraction of sp³-hybridized carbons (Fsp3) is 0.500. The summed E-state index contributed by atoms with van der Waals surface area (Å²) in [5, 5.41) is 19.2. The summed E-state index contributed by atoms with van der Waals surface area (Å²) in [6.45, 7) is 0.534. The molecule has 94 valence electrons. The number of pyridine rings is 1. The number of aliphatic hydroxyl groups is 1. The maximum absolute atomic E-state index is 11.7. The third-order valence-corrected chi connectivity index (χ3v) is 2.86. The first-order chi connectivity index (χ1) is 8.06. The summed E-state index contributed by atoms with van der Waals surface area (Å²) in [5.41, 5.74) is -0.391. The predicted octanol–water partition coefficient (Wildman–Crippen LogP) is 1.68. The number of aromatic nitrogens is 1.